The van der Waals surface area contributed by atoms with E-state index in [1.807, 2.05) is 13.8 Å². The van der Waals surface area contributed by atoms with E-state index in [2.05, 4.69) is 17.6 Å². The van der Waals surface area contributed by atoms with E-state index < -0.39 is 4.92 Å². The lowest BCUT2D eigenvalue weighted by Gasteiger charge is -2.27. The van der Waals surface area contributed by atoms with Gasteiger partial charge in [-0.05, 0) is 57.6 Å². The van der Waals surface area contributed by atoms with E-state index in [0.29, 0.717) is 11.3 Å². The lowest BCUT2D eigenvalue weighted by Crippen LogP contribution is -2.30. The predicted molar refractivity (Wildman–Crippen MR) is 90.7 cm³/mol. The smallest absolute Gasteiger partial charge is 0.293 e. The van der Waals surface area contributed by atoms with Crippen LogP contribution >= 0.6 is 0 Å². The van der Waals surface area contributed by atoms with Gasteiger partial charge in [-0.25, -0.2) is 0 Å². The highest BCUT2D eigenvalue weighted by Crippen LogP contribution is 2.31. The van der Waals surface area contributed by atoms with Crippen LogP contribution in [-0.4, -0.2) is 22.9 Å². The molecule has 1 amide bonds. The fraction of sp³-hybridized carbons (Fsp3) is 0.588. The minimum absolute atomic E-state index is 0.0106. The Bertz CT molecular complexity index is 578. The molecule has 23 heavy (non-hydrogen) atoms. The zero-order chi connectivity index (χ0) is 17.0. The van der Waals surface area contributed by atoms with Crippen molar-refractivity contribution in [2.45, 2.75) is 58.5 Å². The molecule has 1 aliphatic carbocycles. The van der Waals surface area contributed by atoms with Gasteiger partial charge in [0.25, 0.3) is 11.6 Å². The first-order chi connectivity index (χ1) is 10.9. The van der Waals surface area contributed by atoms with Crippen LogP contribution in [0.4, 0.5) is 11.4 Å². The second-order valence-corrected chi connectivity index (χ2v) is 6.72. The predicted octanol–water partition coefficient (Wildman–Crippen LogP) is 3.72. The van der Waals surface area contributed by atoms with Crippen molar-refractivity contribution in [3.63, 3.8) is 0 Å². The summed E-state index contributed by atoms with van der Waals surface area (Å²) in [6, 6.07) is 4.89. The maximum atomic E-state index is 12.0. The van der Waals surface area contributed by atoms with Crippen molar-refractivity contribution in [2.75, 3.05) is 5.32 Å². The molecule has 0 aromatic heterocycles. The quantitative estimate of drug-likeness (QED) is 0.640. The van der Waals surface area contributed by atoms with Gasteiger partial charge in [0, 0.05) is 23.7 Å². The summed E-state index contributed by atoms with van der Waals surface area (Å²) >= 11 is 0. The summed E-state index contributed by atoms with van der Waals surface area (Å²) in [5.74, 6) is 0.436. The highest BCUT2D eigenvalue weighted by atomic mass is 16.6. The van der Waals surface area contributed by atoms with Crippen LogP contribution < -0.4 is 10.6 Å². The maximum Gasteiger partial charge on any atom is 0.293 e. The molecule has 6 heteroatoms. The van der Waals surface area contributed by atoms with E-state index in [1.165, 1.54) is 6.07 Å². The highest BCUT2D eigenvalue weighted by Gasteiger charge is 2.23. The first-order valence-electron chi connectivity index (χ1n) is 8.22. The van der Waals surface area contributed by atoms with Crippen molar-refractivity contribution in [2.24, 2.45) is 5.92 Å². The van der Waals surface area contributed by atoms with Crippen molar-refractivity contribution >= 4 is 17.3 Å². The van der Waals surface area contributed by atoms with Gasteiger partial charge in [0.15, 0.2) is 0 Å². The SMILES string of the molecule is CC1CCC(Nc2ccc(C(=O)NC(C)C)cc2[N+](=O)[O-])CC1. The van der Waals surface area contributed by atoms with E-state index in [0.717, 1.165) is 31.6 Å². The van der Waals surface area contributed by atoms with Crippen LogP contribution in [0.3, 0.4) is 0 Å². The largest absolute Gasteiger partial charge is 0.377 e. The molecule has 0 heterocycles. The minimum atomic E-state index is -0.431. The van der Waals surface area contributed by atoms with Crippen molar-refractivity contribution in [1.29, 1.82) is 0 Å². The minimum Gasteiger partial charge on any atom is -0.377 e. The Hall–Kier alpha value is -2.11. The second kappa shape index (κ2) is 7.44. The molecule has 1 fully saturated rings. The van der Waals surface area contributed by atoms with Gasteiger partial charge in [-0.3, -0.25) is 14.9 Å². The molecule has 1 aromatic rings. The molecule has 6 nitrogen and oxygen atoms in total. The lowest BCUT2D eigenvalue weighted by molar-refractivity contribution is -0.384. The first-order valence-corrected chi connectivity index (χ1v) is 8.22. The molecule has 0 unspecified atom stereocenters. The molecule has 0 atom stereocenters. The summed E-state index contributed by atoms with van der Waals surface area (Å²) in [4.78, 5) is 22.9. The van der Waals surface area contributed by atoms with Gasteiger partial charge in [-0.15, -0.1) is 0 Å². The number of hydrogen-bond acceptors (Lipinski definition) is 4. The third kappa shape index (κ3) is 4.68. The van der Waals surface area contributed by atoms with Crippen LogP contribution in [0.25, 0.3) is 0 Å². The molecule has 0 aliphatic heterocycles. The summed E-state index contributed by atoms with van der Waals surface area (Å²) < 4.78 is 0. The number of nitro groups is 1. The Morgan fingerprint density at radius 3 is 2.48 bits per heavy atom. The average Bonchev–Trinajstić information content (AvgIpc) is 2.49. The molecular weight excluding hydrogens is 294 g/mol. The summed E-state index contributed by atoms with van der Waals surface area (Å²) in [6.07, 6.45) is 4.32. The number of amides is 1. The normalized spacial score (nSPS) is 21.0. The molecule has 2 N–H and O–H groups in total. The van der Waals surface area contributed by atoms with Gasteiger partial charge in [-0.1, -0.05) is 6.92 Å². The highest BCUT2D eigenvalue weighted by molar-refractivity contribution is 5.95. The van der Waals surface area contributed by atoms with E-state index in [4.69, 9.17) is 0 Å². The molecule has 126 valence electrons. The van der Waals surface area contributed by atoms with Crippen LogP contribution in [-0.2, 0) is 0 Å². The second-order valence-electron chi connectivity index (χ2n) is 6.72. The van der Waals surface area contributed by atoms with Gasteiger partial charge in [0.2, 0.25) is 0 Å². The molecule has 0 saturated heterocycles. The summed E-state index contributed by atoms with van der Waals surface area (Å²) in [7, 11) is 0. The van der Waals surface area contributed by atoms with Crippen LogP contribution in [0.2, 0.25) is 0 Å². The Morgan fingerprint density at radius 2 is 1.91 bits per heavy atom. The van der Waals surface area contributed by atoms with Gasteiger partial charge in [-0.2, -0.15) is 0 Å². The molecule has 0 radical (unpaired) electrons. The molecule has 2 rings (SSSR count). The van der Waals surface area contributed by atoms with Crippen molar-refractivity contribution in [1.82, 2.24) is 5.32 Å². The van der Waals surface area contributed by atoms with Crippen LogP contribution in [0.1, 0.15) is 56.8 Å². The van der Waals surface area contributed by atoms with E-state index in [-0.39, 0.29) is 23.7 Å². The number of nitrogens with zero attached hydrogens (tertiary/aromatic N) is 1. The number of anilines is 1. The number of nitrogens with one attached hydrogen (secondary N) is 2. The Labute approximate surface area is 136 Å². The maximum absolute atomic E-state index is 12.0. The van der Waals surface area contributed by atoms with Gasteiger partial charge < -0.3 is 10.6 Å². The van der Waals surface area contributed by atoms with E-state index in [9.17, 15) is 14.9 Å². The topological polar surface area (TPSA) is 84.3 Å². The third-order valence-corrected chi connectivity index (χ3v) is 4.25. The zero-order valence-corrected chi connectivity index (χ0v) is 14.0. The number of rotatable bonds is 5. The number of carbonyl (C=O) groups is 1. The van der Waals surface area contributed by atoms with Gasteiger partial charge >= 0.3 is 0 Å². The van der Waals surface area contributed by atoms with Crippen molar-refractivity contribution in [3.05, 3.63) is 33.9 Å². The molecule has 1 aliphatic rings. The van der Waals surface area contributed by atoms with Crippen LogP contribution in [0.5, 0.6) is 0 Å². The van der Waals surface area contributed by atoms with Crippen molar-refractivity contribution in [3.8, 4) is 0 Å². The standard InChI is InChI=1S/C17H25N3O3/c1-11(2)18-17(21)13-6-9-15(16(10-13)20(22)23)19-14-7-4-12(3)5-8-14/h6,9-12,14,19H,4-5,7-8H2,1-3H3,(H,18,21). The molecular formula is C17H25N3O3. The number of hydrogen-bond donors (Lipinski definition) is 2. The first kappa shape index (κ1) is 17.2. The molecule has 0 bridgehead atoms. The summed E-state index contributed by atoms with van der Waals surface area (Å²) in [5.41, 5.74) is 0.767. The molecule has 0 spiro atoms. The fourth-order valence-corrected chi connectivity index (χ4v) is 2.92. The Morgan fingerprint density at radius 1 is 1.26 bits per heavy atom. The molecule has 1 saturated carbocycles. The number of benzene rings is 1. The van der Waals surface area contributed by atoms with Crippen molar-refractivity contribution < 1.29 is 9.72 Å². The van der Waals surface area contributed by atoms with Gasteiger partial charge in [0.05, 0.1) is 4.92 Å². The summed E-state index contributed by atoms with van der Waals surface area (Å²) in [6.45, 7) is 5.94. The van der Waals surface area contributed by atoms with E-state index in [1.54, 1.807) is 12.1 Å². The van der Waals surface area contributed by atoms with E-state index >= 15 is 0 Å². The zero-order valence-electron chi connectivity index (χ0n) is 14.0. The third-order valence-electron chi connectivity index (χ3n) is 4.25. The Balaban J connectivity index is 2.16. The molecule has 1 aromatic carbocycles. The number of carbonyl (C=O) groups excluding carboxylic acids is 1. The van der Waals surface area contributed by atoms with Crippen LogP contribution in [0, 0.1) is 16.0 Å². The summed E-state index contributed by atoms with van der Waals surface area (Å²) in [5, 5.41) is 17.4. The fourth-order valence-electron chi connectivity index (χ4n) is 2.92. The average molecular weight is 319 g/mol. The monoisotopic (exact) mass is 319 g/mol. The van der Waals surface area contributed by atoms with Crippen LogP contribution in [0.15, 0.2) is 18.2 Å². The lowest BCUT2D eigenvalue weighted by atomic mass is 9.87. The number of nitro benzene ring substituents is 1. The Kier molecular flexibility index (Phi) is 5.58. The van der Waals surface area contributed by atoms with Gasteiger partial charge in [0.1, 0.15) is 5.69 Å².